The van der Waals surface area contributed by atoms with Crippen molar-refractivity contribution in [3.8, 4) is 22.8 Å². The minimum atomic E-state index is -0.529. The van der Waals surface area contributed by atoms with Crippen LogP contribution >= 0.6 is 0 Å². The summed E-state index contributed by atoms with van der Waals surface area (Å²) >= 11 is 0. The number of aromatic nitrogens is 4. The van der Waals surface area contributed by atoms with E-state index < -0.39 is 11.4 Å². The fourth-order valence-corrected chi connectivity index (χ4v) is 6.40. The average Bonchev–Trinajstić information content (AvgIpc) is 3.66. The van der Waals surface area contributed by atoms with Gasteiger partial charge in [-0.25, -0.2) is 23.9 Å². The van der Waals surface area contributed by atoms with Gasteiger partial charge in [-0.2, -0.15) is 5.10 Å². The van der Waals surface area contributed by atoms with E-state index in [9.17, 15) is 4.79 Å². The molecule has 4 heterocycles. The highest BCUT2D eigenvalue weighted by Gasteiger charge is 2.34. The lowest BCUT2D eigenvalue weighted by atomic mass is 9.97. The topological polar surface area (TPSA) is 107 Å². The predicted octanol–water partition coefficient (Wildman–Crippen LogP) is 6.07. The lowest BCUT2D eigenvalue weighted by Crippen LogP contribution is -2.46. The van der Waals surface area contributed by atoms with Gasteiger partial charge in [0.15, 0.2) is 5.65 Å². The molecule has 1 atom stereocenters. The SMILES string of the molecule is [C-]#[N+]/C(=C/C(C)(C)N1CCCCC1)C(=O)N1CCC[C@H]1Cn1nc(-c2ccc(Oc3ccccc3)cc2F)c2c(N)ncnc21. The van der Waals surface area contributed by atoms with E-state index in [1.54, 1.807) is 33.8 Å². The van der Waals surface area contributed by atoms with Crippen molar-refractivity contribution in [2.75, 3.05) is 25.4 Å². The van der Waals surface area contributed by atoms with E-state index in [2.05, 4.69) is 33.6 Å². The first-order chi connectivity index (χ1) is 21.7. The van der Waals surface area contributed by atoms with Crippen LogP contribution in [0.2, 0.25) is 0 Å². The van der Waals surface area contributed by atoms with Crippen LogP contribution in [0, 0.1) is 12.4 Å². The summed E-state index contributed by atoms with van der Waals surface area (Å²) < 4.78 is 23.1. The zero-order valence-electron chi connectivity index (χ0n) is 25.6. The largest absolute Gasteiger partial charge is 0.457 e. The number of ether oxygens (including phenoxy) is 1. The monoisotopic (exact) mass is 608 g/mol. The van der Waals surface area contributed by atoms with Gasteiger partial charge >= 0.3 is 0 Å². The number of hydrogen-bond acceptors (Lipinski definition) is 7. The summed E-state index contributed by atoms with van der Waals surface area (Å²) in [5.41, 5.74) is 7.02. The number of carbonyl (C=O) groups is 1. The number of nitrogens with zero attached hydrogens (tertiary/aromatic N) is 7. The van der Waals surface area contributed by atoms with Crippen LogP contribution in [0.5, 0.6) is 11.5 Å². The van der Waals surface area contributed by atoms with Crippen molar-refractivity contribution in [1.29, 1.82) is 0 Å². The van der Waals surface area contributed by atoms with Crippen LogP contribution in [-0.2, 0) is 11.3 Å². The van der Waals surface area contributed by atoms with E-state index >= 15 is 4.39 Å². The number of para-hydroxylation sites is 1. The van der Waals surface area contributed by atoms with Crippen molar-refractivity contribution in [3.05, 3.63) is 83.9 Å². The number of carbonyl (C=O) groups excluding carboxylic acids is 1. The molecule has 0 unspecified atom stereocenters. The second-order valence-electron chi connectivity index (χ2n) is 12.2. The number of likely N-dealkylation sites (tertiary alicyclic amines) is 2. The number of amides is 1. The maximum absolute atomic E-state index is 15.6. The highest BCUT2D eigenvalue weighted by molar-refractivity contribution is 5.98. The highest BCUT2D eigenvalue weighted by Crippen LogP contribution is 2.35. The summed E-state index contributed by atoms with van der Waals surface area (Å²) in [6.45, 7) is 14.8. The third-order valence-electron chi connectivity index (χ3n) is 8.76. The third-order valence-corrected chi connectivity index (χ3v) is 8.76. The van der Waals surface area contributed by atoms with Crippen LogP contribution in [0.1, 0.15) is 46.0 Å². The molecule has 0 saturated carbocycles. The summed E-state index contributed by atoms with van der Waals surface area (Å²) in [6, 6.07) is 13.5. The van der Waals surface area contributed by atoms with E-state index in [4.69, 9.17) is 22.1 Å². The molecular weight excluding hydrogens is 571 g/mol. The Balaban J connectivity index is 1.28. The van der Waals surface area contributed by atoms with Crippen LogP contribution in [0.4, 0.5) is 10.2 Å². The molecule has 45 heavy (non-hydrogen) atoms. The van der Waals surface area contributed by atoms with Gasteiger partial charge < -0.3 is 15.4 Å². The number of hydrogen-bond donors (Lipinski definition) is 1. The molecule has 4 aromatic rings. The Labute approximate surface area is 262 Å². The minimum absolute atomic E-state index is 0.134. The van der Waals surface area contributed by atoms with Gasteiger partial charge in [-0.15, -0.1) is 0 Å². The van der Waals surface area contributed by atoms with Gasteiger partial charge in [0, 0.05) is 23.7 Å². The first-order valence-electron chi connectivity index (χ1n) is 15.4. The van der Waals surface area contributed by atoms with Crippen LogP contribution < -0.4 is 10.5 Å². The Morgan fingerprint density at radius 1 is 1.09 bits per heavy atom. The van der Waals surface area contributed by atoms with E-state index in [0.29, 0.717) is 41.3 Å². The molecule has 0 spiro atoms. The zero-order chi connectivity index (χ0) is 31.6. The number of anilines is 1. The number of benzene rings is 2. The first-order valence-corrected chi connectivity index (χ1v) is 15.4. The Morgan fingerprint density at radius 3 is 2.60 bits per heavy atom. The fraction of sp³-hybridized carbons (Fsp3) is 0.382. The van der Waals surface area contributed by atoms with Gasteiger partial charge in [0.05, 0.1) is 24.5 Å². The molecule has 232 valence electrons. The fourth-order valence-electron chi connectivity index (χ4n) is 6.40. The second kappa shape index (κ2) is 12.7. The van der Waals surface area contributed by atoms with Gasteiger partial charge in [0.25, 0.3) is 5.91 Å². The maximum atomic E-state index is 15.6. The van der Waals surface area contributed by atoms with Crippen LogP contribution in [-0.4, -0.2) is 66.7 Å². The number of nitrogens with two attached hydrogens (primary N) is 1. The lowest BCUT2D eigenvalue weighted by Gasteiger charge is -2.39. The molecule has 0 aliphatic carbocycles. The minimum Gasteiger partial charge on any atom is -0.457 e. The normalized spacial score (nSPS) is 17.9. The van der Waals surface area contributed by atoms with E-state index in [0.717, 1.165) is 38.8 Å². The number of halogens is 1. The van der Waals surface area contributed by atoms with Crippen molar-refractivity contribution in [1.82, 2.24) is 29.5 Å². The molecular formula is C34H37FN8O2. The zero-order valence-corrected chi connectivity index (χ0v) is 25.6. The molecule has 11 heteroatoms. The smallest absolute Gasteiger partial charge is 0.252 e. The molecule has 0 radical (unpaired) electrons. The van der Waals surface area contributed by atoms with Crippen molar-refractivity contribution in [3.63, 3.8) is 0 Å². The van der Waals surface area contributed by atoms with Gasteiger partial charge in [0.1, 0.15) is 35.2 Å². The van der Waals surface area contributed by atoms with Crippen LogP contribution in [0.3, 0.4) is 0 Å². The van der Waals surface area contributed by atoms with E-state index in [-0.39, 0.29) is 29.0 Å². The summed E-state index contributed by atoms with van der Waals surface area (Å²) in [7, 11) is 0. The molecule has 1 amide bonds. The molecule has 2 fully saturated rings. The predicted molar refractivity (Wildman–Crippen MR) is 171 cm³/mol. The molecule has 2 N–H and O–H groups in total. The number of nitrogen functional groups attached to an aromatic ring is 1. The highest BCUT2D eigenvalue weighted by atomic mass is 19.1. The molecule has 6 rings (SSSR count). The maximum Gasteiger partial charge on any atom is 0.252 e. The van der Waals surface area contributed by atoms with Gasteiger partial charge in [-0.1, -0.05) is 30.7 Å². The molecule has 0 bridgehead atoms. The van der Waals surface area contributed by atoms with E-state index in [1.807, 2.05) is 24.3 Å². The van der Waals surface area contributed by atoms with Gasteiger partial charge in [0.2, 0.25) is 5.70 Å². The Bertz CT molecular complexity index is 1770. The van der Waals surface area contributed by atoms with E-state index in [1.165, 1.54) is 18.8 Å². The molecule has 2 aliphatic rings. The quantitative estimate of drug-likeness (QED) is 0.191. The molecule has 10 nitrogen and oxygen atoms in total. The summed E-state index contributed by atoms with van der Waals surface area (Å²) in [4.78, 5) is 30.2. The van der Waals surface area contributed by atoms with Crippen LogP contribution in [0.15, 0.2) is 66.6 Å². The average molecular weight is 609 g/mol. The second-order valence-corrected chi connectivity index (χ2v) is 12.2. The standard InChI is InChI=1S/C34H37FN8O2/c1-34(2,41-16-8-5-9-17-41)20-28(37-3)33(44)42-18-10-11-23(42)21-43-32-29(31(36)38-22-39-32)30(40-43)26-15-14-25(19-27(26)35)45-24-12-6-4-7-13-24/h4,6-7,12-15,19-20,22-23H,5,8-11,16-18,21H2,1-2H3,(H2,36,38,39)/b28-20+/t23-/m0/s1. The molecule has 2 aromatic heterocycles. The van der Waals surface area contributed by atoms with Crippen molar-refractivity contribution >= 4 is 22.8 Å². The Hall–Kier alpha value is -4.82. The first kappa shape index (κ1) is 30.2. The number of piperidine rings is 1. The van der Waals surface area contributed by atoms with Crippen molar-refractivity contribution < 1.29 is 13.9 Å². The molecule has 2 saturated heterocycles. The van der Waals surface area contributed by atoms with Gasteiger partial charge in [-0.05, 0) is 76.9 Å². The summed E-state index contributed by atoms with van der Waals surface area (Å²) in [5.74, 6) is 0.326. The number of rotatable bonds is 8. The Kier molecular flexibility index (Phi) is 8.50. The summed E-state index contributed by atoms with van der Waals surface area (Å²) in [5, 5.41) is 5.21. The molecule has 2 aliphatic heterocycles. The Morgan fingerprint density at radius 2 is 1.87 bits per heavy atom. The molecule has 2 aromatic carbocycles. The summed E-state index contributed by atoms with van der Waals surface area (Å²) in [6.07, 6.45) is 8.18. The van der Waals surface area contributed by atoms with Gasteiger partial charge in [-0.3, -0.25) is 9.69 Å². The van der Waals surface area contributed by atoms with Crippen molar-refractivity contribution in [2.24, 2.45) is 0 Å². The van der Waals surface area contributed by atoms with Crippen LogP contribution in [0.25, 0.3) is 27.1 Å². The van der Waals surface area contributed by atoms with Crippen molar-refractivity contribution in [2.45, 2.75) is 64.1 Å². The number of fused-ring (bicyclic) bond motifs is 1. The lowest BCUT2D eigenvalue weighted by molar-refractivity contribution is -0.127. The third kappa shape index (κ3) is 6.24.